The predicted octanol–water partition coefficient (Wildman–Crippen LogP) is 2.39. The summed E-state index contributed by atoms with van der Waals surface area (Å²) in [5, 5.41) is 4.19. The molecule has 1 aromatic rings. The average Bonchev–Trinajstić information content (AvgIpc) is 2.61. The number of nitrogen functional groups attached to an aromatic ring is 1. The van der Waals surface area contributed by atoms with Crippen molar-refractivity contribution >= 4 is 16.5 Å². The molecule has 0 aliphatic carbocycles. The van der Waals surface area contributed by atoms with Crippen LogP contribution in [0, 0.1) is 0 Å². The molecule has 14 heavy (non-hydrogen) atoms. The lowest BCUT2D eigenvalue weighted by atomic mass is 9.96. The Morgan fingerprint density at radius 2 is 2.14 bits per heavy atom. The van der Waals surface area contributed by atoms with E-state index in [1.54, 1.807) is 11.3 Å². The van der Waals surface area contributed by atoms with Gasteiger partial charge in [0.2, 0.25) is 0 Å². The summed E-state index contributed by atoms with van der Waals surface area (Å²) in [6, 6.07) is 0. The van der Waals surface area contributed by atoms with Crippen LogP contribution in [0.5, 0.6) is 0 Å². The van der Waals surface area contributed by atoms with Crippen LogP contribution in [0.1, 0.15) is 38.5 Å². The molecule has 0 bridgehead atoms. The van der Waals surface area contributed by atoms with Crippen LogP contribution in [0.2, 0.25) is 0 Å². The molecule has 1 heterocycles. The summed E-state index contributed by atoms with van der Waals surface area (Å²) < 4.78 is 0. The number of nitrogens with one attached hydrogen (secondary N) is 1. The predicted molar refractivity (Wildman–Crippen MR) is 62.4 cm³/mol. The molecule has 0 fully saturated rings. The van der Waals surface area contributed by atoms with Gasteiger partial charge in [0.25, 0.3) is 0 Å². The van der Waals surface area contributed by atoms with Crippen LogP contribution in [0.3, 0.4) is 0 Å². The standard InChI is InChI=1S/C10H19N3S/c1-4-10(3,5-2)13-7-8-6-12-9(11)14-8/h6,13H,4-5,7H2,1-3H3,(H2,11,12). The monoisotopic (exact) mass is 213 g/mol. The minimum atomic E-state index is 0.235. The van der Waals surface area contributed by atoms with Gasteiger partial charge in [-0.2, -0.15) is 0 Å². The lowest BCUT2D eigenvalue weighted by molar-refractivity contribution is 0.330. The number of aromatic nitrogens is 1. The highest BCUT2D eigenvalue weighted by Gasteiger charge is 2.18. The van der Waals surface area contributed by atoms with E-state index in [2.05, 4.69) is 31.1 Å². The van der Waals surface area contributed by atoms with Crippen molar-refractivity contribution in [2.24, 2.45) is 0 Å². The molecule has 1 aromatic heterocycles. The Hall–Kier alpha value is -0.610. The molecule has 0 saturated carbocycles. The van der Waals surface area contributed by atoms with Gasteiger partial charge in [0.1, 0.15) is 0 Å². The van der Waals surface area contributed by atoms with E-state index in [4.69, 9.17) is 5.73 Å². The molecule has 0 aliphatic rings. The minimum Gasteiger partial charge on any atom is -0.375 e. The molecule has 3 nitrogen and oxygen atoms in total. The Balaban J connectivity index is 2.47. The fraction of sp³-hybridized carbons (Fsp3) is 0.700. The lowest BCUT2D eigenvalue weighted by Crippen LogP contribution is -2.40. The van der Waals surface area contributed by atoms with E-state index >= 15 is 0 Å². The maximum atomic E-state index is 5.56. The highest BCUT2D eigenvalue weighted by molar-refractivity contribution is 7.15. The quantitative estimate of drug-likeness (QED) is 0.789. The third-order valence-electron chi connectivity index (χ3n) is 2.82. The van der Waals surface area contributed by atoms with Gasteiger partial charge in [0.05, 0.1) is 0 Å². The van der Waals surface area contributed by atoms with Gasteiger partial charge in [-0.25, -0.2) is 4.98 Å². The fourth-order valence-electron chi connectivity index (χ4n) is 1.20. The van der Waals surface area contributed by atoms with Crippen LogP contribution in [0.25, 0.3) is 0 Å². The van der Waals surface area contributed by atoms with Crippen molar-refractivity contribution in [2.45, 2.75) is 45.7 Å². The third kappa shape index (κ3) is 2.96. The highest BCUT2D eigenvalue weighted by atomic mass is 32.1. The molecule has 3 N–H and O–H groups in total. The lowest BCUT2D eigenvalue weighted by Gasteiger charge is -2.28. The molecule has 0 radical (unpaired) electrons. The van der Waals surface area contributed by atoms with Crippen LogP contribution in [0.15, 0.2) is 6.20 Å². The first-order valence-electron chi connectivity index (χ1n) is 5.05. The Labute approximate surface area is 89.7 Å². The Kier molecular flexibility index (Phi) is 3.89. The Morgan fingerprint density at radius 1 is 1.50 bits per heavy atom. The molecule has 80 valence electrons. The fourth-order valence-corrected chi connectivity index (χ4v) is 1.83. The van der Waals surface area contributed by atoms with Gasteiger partial charge in [-0.05, 0) is 19.8 Å². The van der Waals surface area contributed by atoms with E-state index in [-0.39, 0.29) is 5.54 Å². The number of anilines is 1. The zero-order valence-corrected chi connectivity index (χ0v) is 9.95. The van der Waals surface area contributed by atoms with Crippen LogP contribution in [-0.2, 0) is 6.54 Å². The molecule has 0 atom stereocenters. The summed E-state index contributed by atoms with van der Waals surface area (Å²) in [5.74, 6) is 0. The second-order valence-electron chi connectivity index (χ2n) is 3.79. The number of hydrogen-bond donors (Lipinski definition) is 2. The topological polar surface area (TPSA) is 50.9 Å². The molecule has 1 rings (SSSR count). The van der Waals surface area contributed by atoms with Gasteiger partial charge < -0.3 is 11.1 Å². The Bertz CT molecular complexity index is 279. The van der Waals surface area contributed by atoms with E-state index in [0.717, 1.165) is 19.4 Å². The number of rotatable bonds is 5. The largest absolute Gasteiger partial charge is 0.375 e. The average molecular weight is 213 g/mol. The van der Waals surface area contributed by atoms with Gasteiger partial charge >= 0.3 is 0 Å². The molecule has 4 heteroatoms. The maximum absolute atomic E-state index is 5.56. The van der Waals surface area contributed by atoms with Gasteiger partial charge in [-0.1, -0.05) is 13.8 Å². The van der Waals surface area contributed by atoms with E-state index in [1.807, 2.05) is 6.20 Å². The maximum Gasteiger partial charge on any atom is 0.180 e. The second-order valence-corrected chi connectivity index (χ2v) is 4.93. The molecular weight excluding hydrogens is 194 g/mol. The smallest absolute Gasteiger partial charge is 0.180 e. The molecule has 0 spiro atoms. The van der Waals surface area contributed by atoms with Gasteiger partial charge in [0, 0.05) is 23.2 Å². The summed E-state index contributed by atoms with van der Waals surface area (Å²) in [4.78, 5) is 5.23. The summed E-state index contributed by atoms with van der Waals surface area (Å²) in [6.07, 6.45) is 4.12. The first-order valence-corrected chi connectivity index (χ1v) is 5.86. The van der Waals surface area contributed by atoms with Crippen molar-refractivity contribution < 1.29 is 0 Å². The molecule has 0 aliphatic heterocycles. The number of nitrogens with two attached hydrogens (primary N) is 1. The van der Waals surface area contributed by atoms with Crippen molar-refractivity contribution in [3.8, 4) is 0 Å². The summed E-state index contributed by atoms with van der Waals surface area (Å²) >= 11 is 1.55. The zero-order chi connectivity index (χ0) is 10.6. The zero-order valence-electron chi connectivity index (χ0n) is 9.13. The van der Waals surface area contributed by atoms with E-state index < -0.39 is 0 Å². The van der Waals surface area contributed by atoms with Crippen molar-refractivity contribution in [3.63, 3.8) is 0 Å². The molecular formula is C10H19N3S. The molecule has 0 saturated heterocycles. The van der Waals surface area contributed by atoms with Crippen LogP contribution < -0.4 is 11.1 Å². The number of hydrogen-bond acceptors (Lipinski definition) is 4. The number of nitrogens with zero attached hydrogens (tertiary/aromatic N) is 1. The summed E-state index contributed by atoms with van der Waals surface area (Å²) in [6.45, 7) is 7.53. The van der Waals surface area contributed by atoms with E-state index in [9.17, 15) is 0 Å². The first-order chi connectivity index (χ1) is 6.59. The van der Waals surface area contributed by atoms with Crippen molar-refractivity contribution in [1.82, 2.24) is 10.3 Å². The van der Waals surface area contributed by atoms with Gasteiger partial charge in [-0.3, -0.25) is 0 Å². The van der Waals surface area contributed by atoms with Crippen LogP contribution in [0.4, 0.5) is 5.13 Å². The number of thiazole rings is 1. The molecule has 0 unspecified atom stereocenters. The summed E-state index contributed by atoms with van der Waals surface area (Å²) in [5.41, 5.74) is 5.80. The molecule has 0 aromatic carbocycles. The van der Waals surface area contributed by atoms with E-state index in [1.165, 1.54) is 4.88 Å². The normalized spacial score (nSPS) is 11.9. The molecule has 0 amide bonds. The summed E-state index contributed by atoms with van der Waals surface area (Å²) in [7, 11) is 0. The Morgan fingerprint density at radius 3 is 2.57 bits per heavy atom. The SMILES string of the molecule is CCC(C)(CC)NCc1cnc(N)s1. The van der Waals surface area contributed by atoms with Crippen LogP contribution in [-0.4, -0.2) is 10.5 Å². The van der Waals surface area contributed by atoms with Crippen molar-refractivity contribution in [3.05, 3.63) is 11.1 Å². The minimum absolute atomic E-state index is 0.235. The van der Waals surface area contributed by atoms with Crippen molar-refractivity contribution in [1.29, 1.82) is 0 Å². The van der Waals surface area contributed by atoms with Gasteiger partial charge in [-0.15, -0.1) is 11.3 Å². The first kappa shape index (κ1) is 11.5. The second kappa shape index (κ2) is 4.75. The van der Waals surface area contributed by atoms with E-state index in [0.29, 0.717) is 5.13 Å². The highest BCUT2D eigenvalue weighted by Crippen LogP contribution is 2.18. The van der Waals surface area contributed by atoms with Crippen molar-refractivity contribution in [2.75, 3.05) is 5.73 Å². The third-order valence-corrected chi connectivity index (χ3v) is 3.65. The van der Waals surface area contributed by atoms with Gasteiger partial charge in [0.15, 0.2) is 5.13 Å². The van der Waals surface area contributed by atoms with Crippen LogP contribution >= 0.6 is 11.3 Å².